The first kappa shape index (κ1) is 14.6. The molecule has 22 heavy (non-hydrogen) atoms. The number of anilines is 1. The lowest BCUT2D eigenvalue weighted by Crippen LogP contribution is -2.41. The molecule has 0 radical (unpaired) electrons. The van der Waals surface area contributed by atoms with Crippen LogP contribution in [0.15, 0.2) is 36.4 Å². The van der Waals surface area contributed by atoms with Crippen LogP contribution in [0.2, 0.25) is 5.02 Å². The number of nitrogens with one attached hydrogen (secondary N) is 1. The zero-order valence-electron chi connectivity index (χ0n) is 13.0. The Morgan fingerprint density at radius 1 is 1.09 bits per heavy atom. The second-order valence-electron chi connectivity index (χ2n) is 7.24. The summed E-state index contributed by atoms with van der Waals surface area (Å²) in [7, 11) is 0. The van der Waals surface area contributed by atoms with E-state index in [0.717, 1.165) is 28.5 Å². The van der Waals surface area contributed by atoms with Gasteiger partial charge in [0.15, 0.2) is 0 Å². The number of benzene rings is 1. The molecule has 1 saturated carbocycles. The van der Waals surface area contributed by atoms with Gasteiger partial charge in [0.2, 0.25) is 0 Å². The van der Waals surface area contributed by atoms with Gasteiger partial charge in [0.05, 0.1) is 10.7 Å². The molecule has 3 heteroatoms. The van der Waals surface area contributed by atoms with Crippen LogP contribution in [0.5, 0.6) is 0 Å². The van der Waals surface area contributed by atoms with Crippen molar-refractivity contribution in [1.29, 1.82) is 0 Å². The molecule has 1 heterocycles. The summed E-state index contributed by atoms with van der Waals surface area (Å²) in [4.78, 5) is 2.68. The number of halogens is 1. The first-order valence-corrected chi connectivity index (χ1v) is 9.07. The van der Waals surface area contributed by atoms with Crippen LogP contribution in [0.4, 0.5) is 5.69 Å². The molecule has 118 valence electrons. The molecule has 0 aromatic heterocycles. The van der Waals surface area contributed by atoms with Gasteiger partial charge in [-0.2, -0.15) is 0 Å². The number of hydrogen-bond acceptors (Lipinski definition) is 2. The van der Waals surface area contributed by atoms with E-state index in [9.17, 15) is 0 Å². The minimum Gasteiger partial charge on any atom is -0.381 e. The summed E-state index contributed by atoms with van der Waals surface area (Å²) < 4.78 is 0. The van der Waals surface area contributed by atoms with Crippen LogP contribution in [0.1, 0.15) is 25.7 Å². The SMILES string of the molecule is Clc1ccccc1NC1CCN(C[C@@H]2C[C@H]3C=C[C@@H]2C3)CC1. The van der Waals surface area contributed by atoms with Crippen molar-refractivity contribution in [3.8, 4) is 0 Å². The van der Waals surface area contributed by atoms with E-state index in [1.165, 1.54) is 45.3 Å². The molecular weight excluding hydrogens is 292 g/mol. The smallest absolute Gasteiger partial charge is 0.0637 e. The molecule has 2 nitrogen and oxygen atoms in total. The van der Waals surface area contributed by atoms with Gasteiger partial charge < -0.3 is 10.2 Å². The number of allylic oxidation sites excluding steroid dienone is 2. The highest BCUT2D eigenvalue weighted by Crippen LogP contribution is 2.43. The fraction of sp³-hybridized carbons (Fsp3) is 0.579. The Bertz CT molecular complexity index is 548. The number of rotatable bonds is 4. The van der Waals surface area contributed by atoms with E-state index < -0.39 is 0 Å². The van der Waals surface area contributed by atoms with Crippen LogP contribution in [-0.4, -0.2) is 30.6 Å². The van der Waals surface area contributed by atoms with Crippen LogP contribution >= 0.6 is 11.6 Å². The van der Waals surface area contributed by atoms with Gasteiger partial charge in [-0.15, -0.1) is 0 Å². The van der Waals surface area contributed by atoms with Gasteiger partial charge in [0.1, 0.15) is 0 Å². The van der Waals surface area contributed by atoms with Gasteiger partial charge in [0.25, 0.3) is 0 Å². The number of likely N-dealkylation sites (tertiary alicyclic amines) is 1. The summed E-state index contributed by atoms with van der Waals surface area (Å²) in [6.45, 7) is 3.75. The molecule has 4 rings (SSSR count). The van der Waals surface area contributed by atoms with Gasteiger partial charge in [-0.05, 0) is 55.6 Å². The van der Waals surface area contributed by atoms with Crippen LogP contribution in [0.3, 0.4) is 0 Å². The maximum absolute atomic E-state index is 6.24. The van der Waals surface area contributed by atoms with E-state index in [4.69, 9.17) is 11.6 Å². The van der Waals surface area contributed by atoms with Crippen molar-refractivity contribution in [3.63, 3.8) is 0 Å². The summed E-state index contributed by atoms with van der Waals surface area (Å²) in [6, 6.07) is 8.64. The molecule has 2 bridgehead atoms. The highest BCUT2D eigenvalue weighted by molar-refractivity contribution is 6.33. The second kappa shape index (κ2) is 6.25. The first-order valence-electron chi connectivity index (χ1n) is 8.69. The number of hydrogen-bond donors (Lipinski definition) is 1. The van der Waals surface area contributed by atoms with Crippen LogP contribution < -0.4 is 5.32 Å². The van der Waals surface area contributed by atoms with Crippen molar-refractivity contribution < 1.29 is 0 Å². The van der Waals surface area contributed by atoms with Crippen LogP contribution in [-0.2, 0) is 0 Å². The minimum atomic E-state index is 0.566. The van der Waals surface area contributed by atoms with Gasteiger partial charge in [-0.1, -0.05) is 35.9 Å². The van der Waals surface area contributed by atoms with Crippen LogP contribution in [0.25, 0.3) is 0 Å². The van der Waals surface area contributed by atoms with E-state index in [-0.39, 0.29) is 0 Å². The average molecular weight is 317 g/mol. The molecule has 1 aromatic rings. The van der Waals surface area contributed by atoms with E-state index in [1.54, 1.807) is 0 Å². The van der Waals surface area contributed by atoms with Crippen molar-refractivity contribution in [2.45, 2.75) is 31.7 Å². The second-order valence-corrected chi connectivity index (χ2v) is 7.65. The van der Waals surface area contributed by atoms with E-state index in [2.05, 4.69) is 28.4 Å². The van der Waals surface area contributed by atoms with Gasteiger partial charge >= 0.3 is 0 Å². The van der Waals surface area contributed by atoms with Crippen molar-refractivity contribution in [1.82, 2.24) is 4.90 Å². The number of fused-ring (bicyclic) bond motifs is 2. The van der Waals surface area contributed by atoms with Gasteiger partial charge in [0, 0.05) is 25.7 Å². The number of nitrogens with zero attached hydrogens (tertiary/aromatic N) is 1. The average Bonchev–Trinajstić information content (AvgIpc) is 3.14. The lowest BCUT2D eigenvalue weighted by molar-refractivity contribution is 0.177. The summed E-state index contributed by atoms with van der Waals surface area (Å²) in [5, 5.41) is 4.45. The number of piperidine rings is 1. The Morgan fingerprint density at radius 3 is 2.59 bits per heavy atom. The largest absolute Gasteiger partial charge is 0.381 e. The third-order valence-corrected chi connectivity index (χ3v) is 6.06. The Balaban J connectivity index is 1.26. The summed E-state index contributed by atoms with van der Waals surface area (Å²) in [5.74, 6) is 2.70. The maximum Gasteiger partial charge on any atom is 0.0637 e. The summed E-state index contributed by atoms with van der Waals surface area (Å²) in [5.41, 5.74) is 1.08. The molecule has 1 aromatic carbocycles. The highest BCUT2D eigenvalue weighted by atomic mass is 35.5. The highest BCUT2D eigenvalue weighted by Gasteiger charge is 2.36. The predicted octanol–water partition coefficient (Wildman–Crippen LogP) is 4.43. The Kier molecular flexibility index (Phi) is 4.15. The maximum atomic E-state index is 6.24. The molecule has 3 atom stereocenters. The lowest BCUT2D eigenvalue weighted by Gasteiger charge is -2.35. The predicted molar refractivity (Wildman–Crippen MR) is 93.4 cm³/mol. The van der Waals surface area contributed by atoms with Gasteiger partial charge in [-0.25, -0.2) is 0 Å². The van der Waals surface area contributed by atoms with Crippen molar-refractivity contribution in [3.05, 3.63) is 41.4 Å². The molecule has 0 amide bonds. The van der Waals surface area contributed by atoms with E-state index in [0.29, 0.717) is 6.04 Å². The molecule has 1 aliphatic heterocycles. The normalized spacial score (nSPS) is 31.8. The lowest BCUT2D eigenvalue weighted by atomic mass is 9.92. The van der Waals surface area contributed by atoms with Crippen molar-refractivity contribution >= 4 is 17.3 Å². The zero-order chi connectivity index (χ0) is 14.9. The molecule has 2 aliphatic carbocycles. The molecular formula is C19H25ClN2. The van der Waals surface area contributed by atoms with Crippen LogP contribution in [0, 0.1) is 17.8 Å². The molecule has 1 saturated heterocycles. The van der Waals surface area contributed by atoms with Crippen molar-refractivity contribution in [2.75, 3.05) is 25.0 Å². The molecule has 0 spiro atoms. The third-order valence-electron chi connectivity index (χ3n) is 5.73. The zero-order valence-corrected chi connectivity index (χ0v) is 13.8. The Morgan fingerprint density at radius 2 is 1.91 bits per heavy atom. The fourth-order valence-electron chi connectivity index (χ4n) is 4.49. The fourth-order valence-corrected chi connectivity index (χ4v) is 4.68. The Hall–Kier alpha value is -0.990. The standard InChI is InChI=1S/C19H25ClN2/c20-18-3-1-2-4-19(18)21-17-7-9-22(10-8-17)13-16-12-14-5-6-15(16)11-14/h1-6,14-17,21H,7-13H2/t14-,15+,16-/m0/s1. The van der Waals surface area contributed by atoms with Gasteiger partial charge in [-0.3, -0.25) is 0 Å². The van der Waals surface area contributed by atoms with E-state index >= 15 is 0 Å². The molecule has 0 unspecified atom stereocenters. The third kappa shape index (κ3) is 3.04. The topological polar surface area (TPSA) is 15.3 Å². The minimum absolute atomic E-state index is 0.566. The summed E-state index contributed by atoms with van der Waals surface area (Å²) >= 11 is 6.24. The molecule has 3 aliphatic rings. The summed E-state index contributed by atoms with van der Waals surface area (Å²) in [6.07, 6.45) is 10.2. The Labute approximate surface area is 138 Å². The quantitative estimate of drug-likeness (QED) is 0.827. The molecule has 1 N–H and O–H groups in total. The van der Waals surface area contributed by atoms with Crippen molar-refractivity contribution in [2.24, 2.45) is 17.8 Å². The molecule has 2 fully saturated rings. The number of para-hydroxylation sites is 1. The first-order chi connectivity index (χ1) is 10.8. The van der Waals surface area contributed by atoms with E-state index in [1.807, 2.05) is 18.2 Å². The monoisotopic (exact) mass is 316 g/mol.